The highest BCUT2D eigenvalue weighted by atomic mass is 35.5. The Balaban J connectivity index is 1.63. The van der Waals surface area contributed by atoms with E-state index in [1.165, 1.54) is 0 Å². The van der Waals surface area contributed by atoms with Crippen molar-refractivity contribution in [2.75, 3.05) is 33.0 Å². The number of nitrogens with two attached hydrogens (primary N) is 2. The fraction of sp³-hybridized carbons (Fsp3) is 0.556. The minimum atomic E-state index is -0.994. The number of nitrogens with one attached hydrogen (secondary N) is 2. The predicted octanol–water partition coefficient (Wildman–Crippen LogP) is 0.792. The van der Waals surface area contributed by atoms with E-state index in [-0.39, 0.29) is 0 Å². The highest BCUT2D eigenvalue weighted by Gasteiger charge is 2.32. The van der Waals surface area contributed by atoms with Gasteiger partial charge in [0.2, 0.25) is 0 Å². The Morgan fingerprint density at radius 1 is 1.15 bits per heavy atom. The average molecular weight is 395 g/mol. The molecule has 1 aliphatic heterocycles. The Morgan fingerprint density at radius 3 is 2.52 bits per heavy atom. The third-order valence-electron chi connectivity index (χ3n) is 4.12. The van der Waals surface area contributed by atoms with E-state index in [1.54, 1.807) is 0 Å². The number of ether oxygens (including phenoxy) is 2. The van der Waals surface area contributed by atoms with Crippen molar-refractivity contribution in [3.05, 3.63) is 34.9 Å². The van der Waals surface area contributed by atoms with Gasteiger partial charge in [0.05, 0.1) is 32.5 Å². The summed E-state index contributed by atoms with van der Waals surface area (Å²) in [7, 11) is 0. The minimum absolute atomic E-state index is 0.352. The van der Waals surface area contributed by atoms with Crippen LogP contribution in [0.25, 0.3) is 0 Å². The summed E-state index contributed by atoms with van der Waals surface area (Å²) in [6.07, 6.45) is 2.69. The van der Waals surface area contributed by atoms with E-state index < -0.39 is 5.79 Å². The number of halogens is 1. The summed E-state index contributed by atoms with van der Waals surface area (Å²) in [5.41, 5.74) is 12.8. The normalized spacial score (nSPS) is 23.7. The van der Waals surface area contributed by atoms with Crippen molar-refractivity contribution < 1.29 is 9.47 Å². The molecule has 3 rings (SSSR count). The standard InChI is InChI=1S/C18H27ClN6O2/c19-14-3-1-13(2-4-14)16-23-17(22-15-5-6-15)25-18(21,24-16)7-9-26-11-12-27-10-8-20/h1-4,15H,5-12,20-21H2,(H2,22,23,24,25). The lowest BCUT2D eigenvalue weighted by Gasteiger charge is -2.34. The number of benzene rings is 1. The van der Waals surface area contributed by atoms with Crippen molar-refractivity contribution in [2.24, 2.45) is 21.5 Å². The molecule has 148 valence electrons. The van der Waals surface area contributed by atoms with Crippen molar-refractivity contribution >= 4 is 23.4 Å². The number of aliphatic imine (C=N–C) groups is 2. The summed E-state index contributed by atoms with van der Waals surface area (Å²) < 4.78 is 10.9. The maximum atomic E-state index is 6.49. The van der Waals surface area contributed by atoms with Crippen molar-refractivity contribution in [2.45, 2.75) is 31.1 Å². The molecule has 1 aromatic carbocycles. The lowest BCUT2D eigenvalue weighted by atomic mass is 10.1. The zero-order chi connectivity index (χ0) is 19.1. The minimum Gasteiger partial charge on any atom is -0.379 e. The van der Waals surface area contributed by atoms with Gasteiger partial charge < -0.3 is 25.8 Å². The van der Waals surface area contributed by atoms with Gasteiger partial charge in [-0.3, -0.25) is 5.73 Å². The summed E-state index contributed by atoms with van der Waals surface area (Å²) >= 11 is 5.99. The Kier molecular flexibility index (Phi) is 7.03. The van der Waals surface area contributed by atoms with Gasteiger partial charge >= 0.3 is 0 Å². The molecule has 8 nitrogen and oxygen atoms in total. The molecule has 1 aliphatic carbocycles. The number of nitrogens with zero attached hydrogens (tertiary/aromatic N) is 2. The second-order valence-corrected chi connectivity index (χ2v) is 7.05. The van der Waals surface area contributed by atoms with Crippen LogP contribution >= 0.6 is 11.6 Å². The van der Waals surface area contributed by atoms with E-state index in [4.69, 9.17) is 32.5 Å². The van der Waals surface area contributed by atoms with Gasteiger partial charge in [0, 0.05) is 23.6 Å². The first kappa shape index (κ1) is 20.0. The summed E-state index contributed by atoms with van der Waals surface area (Å²) in [5.74, 6) is 0.316. The Labute approximate surface area is 164 Å². The van der Waals surface area contributed by atoms with E-state index in [2.05, 4.69) is 20.6 Å². The molecule has 0 saturated heterocycles. The SMILES string of the molecule is NCCOCCOCCC1(N)N=C(c2ccc(Cl)cc2)NC(=NC2CC2)N1. The lowest BCUT2D eigenvalue weighted by Crippen LogP contribution is -2.63. The zero-order valence-electron chi connectivity index (χ0n) is 15.3. The van der Waals surface area contributed by atoms with Gasteiger partial charge in [-0.2, -0.15) is 0 Å². The zero-order valence-corrected chi connectivity index (χ0v) is 16.0. The van der Waals surface area contributed by atoms with Crippen LogP contribution in [0.3, 0.4) is 0 Å². The number of rotatable bonds is 10. The van der Waals surface area contributed by atoms with Crippen LogP contribution in [0.4, 0.5) is 0 Å². The molecule has 2 aliphatic rings. The number of hydrogen-bond donors (Lipinski definition) is 4. The topological polar surface area (TPSA) is 119 Å². The van der Waals surface area contributed by atoms with Crippen LogP contribution in [0.15, 0.2) is 34.3 Å². The van der Waals surface area contributed by atoms with Crippen LogP contribution in [0.2, 0.25) is 5.02 Å². The summed E-state index contributed by atoms with van der Waals surface area (Å²) in [5, 5.41) is 7.10. The molecule has 9 heteroatoms. The maximum absolute atomic E-state index is 6.49. The Bertz CT molecular complexity index is 677. The van der Waals surface area contributed by atoms with Gasteiger partial charge in [-0.05, 0) is 37.1 Å². The van der Waals surface area contributed by atoms with Crippen molar-refractivity contribution in [3.63, 3.8) is 0 Å². The number of hydrogen-bond acceptors (Lipinski definition) is 6. The first-order chi connectivity index (χ1) is 13.1. The molecular weight excluding hydrogens is 368 g/mol. The second-order valence-electron chi connectivity index (χ2n) is 6.61. The van der Waals surface area contributed by atoms with Crippen molar-refractivity contribution in [1.82, 2.24) is 10.6 Å². The summed E-state index contributed by atoms with van der Waals surface area (Å²) in [6.45, 7) is 2.49. The molecule has 1 atom stereocenters. The second kappa shape index (κ2) is 9.48. The quantitative estimate of drug-likeness (QED) is 0.436. The van der Waals surface area contributed by atoms with Gasteiger partial charge in [-0.25, -0.2) is 9.98 Å². The molecule has 1 heterocycles. The third-order valence-corrected chi connectivity index (χ3v) is 4.37. The molecule has 1 saturated carbocycles. The van der Waals surface area contributed by atoms with Gasteiger partial charge in [0.1, 0.15) is 5.84 Å². The van der Waals surface area contributed by atoms with Crippen LogP contribution in [0.1, 0.15) is 24.8 Å². The van der Waals surface area contributed by atoms with Crippen LogP contribution in [-0.4, -0.2) is 56.6 Å². The molecule has 27 heavy (non-hydrogen) atoms. The number of guanidine groups is 1. The van der Waals surface area contributed by atoms with E-state index >= 15 is 0 Å². The molecule has 1 aromatic rings. The van der Waals surface area contributed by atoms with Gasteiger partial charge in [-0.15, -0.1) is 0 Å². The Hall–Kier alpha value is -1.71. The molecule has 0 radical (unpaired) electrons. The van der Waals surface area contributed by atoms with Crippen LogP contribution in [0.5, 0.6) is 0 Å². The molecule has 0 spiro atoms. The summed E-state index contributed by atoms with van der Waals surface area (Å²) in [4.78, 5) is 9.31. The van der Waals surface area contributed by atoms with Crippen LogP contribution < -0.4 is 22.1 Å². The lowest BCUT2D eigenvalue weighted by molar-refractivity contribution is 0.0430. The van der Waals surface area contributed by atoms with E-state index in [0.717, 1.165) is 18.4 Å². The molecule has 0 aromatic heterocycles. The fourth-order valence-electron chi connectivity index (χ4n) is 2.55. The summed E-state index contributed by atoms with van der Waals surface area (Å²) in [6, 6.07) is 7.80. The Morgan fingerprint density at radius 2 is 1.85 bits per heavy atom. The number of amidine groups is 1. The predicted molar refractivity (Wildman–Crippen MR) is 107 cm³/mol. The highest BCUT2D eigenvalue weighted by molar-refractivity contribution is 6.30. The fourth-order valence-corrected chi connectivity index (χ4v) is 2.68. The van der Waals surface area contributed by atoms with Crippen molar-refractivity contribution in [3.8, 4) is 0 Å². The maximum Gasteiger partial charge on any atom is 0.200 e. The van der Waals surface area contributed by atoms with Crippen molar-refractivity contribution in [1.29, 1.82) is 0 Å². The molecular formula is C18H27ClN6O2. The smallest absolute Gasteiger partial charge is 0.200 e. The third kappa shape index (κ3) is 6.44. The van der Waals surface area contributed by atoms with Crippen LogP contribution in [-0.2, 0) is 9.47 Å². The molecule has 6 N–H and O–H groups in total. The highest BCUT2D eigenvalue weighted by Crippen LogP contribution is 2.24. The molecule has 0 amide bonds. The average Bonchev–Trinajstić information content (AvgIpc) is 3.45. The largest absolute Gasteiger partial charge is 0.379 e. The molecule has 1 fully saturated rings. The molecule has 1 unspecified atom stereocenters. The van der Waals surface area contributed by atoms with Gasteiger partial charge in [-0.1, -0.05) is 11.6 Å². The van der Waals surface area contributed by atoms with Gasteiger partial charge in [0.15, 0.2) is 11.7 Å². The first-order valence-electron chi connectivity index (χ1n) is 9.21. The van der Waals surface area contributed by atoms with Gasteiger partial charge in [0.25, 0.3) is 0 Å². The molecule has 0 bridgehead atoms. The van der Waals surface area contributed by atoms with E-state index in [9.17, 15) is 0 Å². The van der Waals surface area contributed by atoms with E-state index in [1.807, 2.05) is 24.3 Å². The van der Waals surface area contributed by atoms with E-state index in [0.29, 0.717) is 62.3 Å². The first-order valence-corrected chi connectivity index (χ1v) is 9.59. The van der Waals surface area contributed by atoms with Crippen LogP contribution in [0, 0.1) is 0 Å². The monoisotopic (exact) mass is 394 g/mol.